The van der Waals surface area contributed by atoms with E-state index in [0.717, 1.165) is 34.4 Å². The molecule has 5 heteroatoms. The van der Waals surface area contributed by atoms with Crippen molar-refractivity contribution in [2.75, 3.05) is 10.2 Å². The zero-order valence-electron chi connectivity index (χ0n) is 12.4. The highest BCUT2D eigenvalue weighted by Crippen LogP contribution is 2.39. The lowest BCUT2D eigenvalue weighted by Gasteiger charge is -2.32. The van der Waals surface area contributed by atoms with Crippen molar-refractivity contribution in [1.82, 2.24) is 4.98 Å². The van der Waals surface area contributed by atoms with Gasteiger partial charge < -0.3 is 10.2 Å². The van der Waals surface area contributed by atoms with Gasteiger partial charge in [-0.1, -0.05) is 29.3 Å². The molecule has 0 radical (unpaired) electrons. The van der Waals surface area contributed by atoms with Crippen molar-refractivity contribution in [2.24, 2.45) is 0 Å². The molecule has 2 heterocycles. The van der Waals surface area contributed by atoms with E-state index < -0.39 is 0 Å². The van der Waals surface area contributed by atoms with Crippen LogP contribution in [0.4, 0.5) is 17.1 Å². The summed E-state index contributed by atoms with van der Waals surface area (Å²) in [6.07, 6.45) is 6.05. The van der Waals surface area contributed by atoms with Crippen LogP contribution in [0.1, 0.15) is 26.2 Å². The van der Waals surface area contributed by atoms with Gasteiger partial charge in [0, 0.05) is 35.0 Å². The van der Waals surface area contributed by atoms with Crippen LogP contribution >= 0.6 is 15.9 Å². The van der Waals surface area contributed by atoms with Gasteiger partial charge in [0.05, 0.1) is 11.4 Å². The Kier molecular flexibility index (Phi) is 4.43. The number of nitrogens with zero attached hydrogens (tertiary/aromatic N) is 2. The summed E-state index contributed by atoms with van der Waals surface area (Å²) in [4.78, 5) is 18.6. The first-order valence-electron chi connectivity index (χ1n) is 7.47. The van der Waals surface area contributed by atoms with E-state index >= 15 is 0 Å². The van der Waals surface area contributed by atoms with Gasteiger partial charge in [0.15, 0.2) is 0 Å². The molecule has 1 atom stereocenters. The summed E-state index contributed by atoms with van der Waals surface area (Å²) in [6.45, 7) is 2.15. The second-order valence-corrected chi connectivity index (χ2v) is 6.35. The number of nitrogens with one attached hydrogen (secondary N) is 1. The highest BCUT2D eigenvalue weighted by molar-refractivity contribution is 9.10. The van der Waals surface area contributed by atoms with Crippen molar-refractivity contribution in [3.8, 4) is 0 Å². The number of aromatic nitrogens is 1. The second kappa shape index (κ2) is 6.48. The predicted molar refractivity (Wildman–Crippen MR) is 92.5 cm³/mol. The maximum Gasteiger partial charge on any atom is 0.226 e. The van der Waals surface area contributed by atoms with E-state index in [0.29, 0.717) is 6.42 Å². The molecule has 1 aromatic carbocycles. The summed E-state index contributed by atoms with van der Waals surface area (Å²) in [7, 11) is 0. The van der Waals surface area contributed by atoms with Crippen LogP contribution in [0.5, 0.6) is 0 Å². The topological polar surface area (TPSA) is 45.2 Å². The fraction of sp³-hybridized carbons (Fsp3) is 0.294. The number of rotatable bonds is 3. The lowest BCUT2D eigenvalue weighted by molar-refractivity contribution is -0.116. The van der Waals surface area contributed by atoms with Gasteiger partial charge in [-0.3, -0.25) is 9.78 Å². The number of hydrogen-bond acceptors (Lipinski definition) is 3. The molecule has 4 nitrogen and oxygen atoms in total. The van der Waals surface area contributed by atoms with Crippen LogP contribution in [0.2, 0.25) is 0 Å². The molecule has 1 aromatic heterocycles. The Morgan fingerprint density at radius 3 is 2.82 bits per heavy atom. The highest BCUT2D eigenvalue weighted by Gasteiger charge is 2.28. The van der Waals surface area contributed by atoms with Gasteiger partial charge >= 0.3 is 0 Å². The van der Waals surface area contributed by atoms with E-state index in [9.17, 15) is 4.79 Å². The monoisotopic (exact) mass is 359 g/mol. The van der Waals surface area contributed by atoms with Gasteiger partial charge in [0.25, 0.3) is 0 Å². The normalized spacial score (nSPS) is 17.6. The van der Waals surface area contributed by atoms with Crippen LogP contribution in [0.25, 0.3) is 0 Å². The van der Waals surface area contributed by atoms with Crippen molar-refractivity contribution >= 4 is 38.9 Å². The summed E-state index contributed by atoms with van der Waals surface area (Å²) in [6, 6.07) is 10.1. The summed E-state index contributed by atoms with van der Waals surface area (Å²) >= 11 is 3.54. The first kappa shape index (κ1) is 15.0. The van der Waals surface area contributed by atoms with Crippen LogP contribution < -0.4 is 10.2 Å². The van der Waals surface area contributed by atoms with E-state index in [1.54, 1.807) is 12.4 Å². The van der Waals surface area contributed by atoms with E-state index in [2.05, 4.69) is 44.1 Å². The number of anilines is 3. The van der Waals surface area contributed by atoms with Crippen LogP contribution in [-0.2, 0) is 4.79 Å². The van der Waals surface area contributed by atoms with E-state index in [4.69, 9.17) is 0 Å². The van der Waals surface area contributed by atoms with Crippen LogP contribution in [0.15, 0.2) is 47.2 Å². The number of hydrogen-bond donors (Lipinski definition) is 1. The SMILES string of the molecule is CCCC1CC(=O)Nc2ccc(Br)cc2N1c1ccncc1. The van der Waals surface area contributed by atoms with Crippen LogP contribution in [0.3, 0.4) is 0 Å². The molecule has 22 heavy (non-hydrogen) atoms. The number of halogens is 1. The third-order valence-corrected chi connectivity index (χ3v) is 4.34. The number of carbonyl (C=O) groups excluding carboxylic acids is 1. The molecule has 0 aliphatic carbocycles. The molecule has 114 valence electrons. The zero-order valence-corrected chi connectivity index (χ0v) is 14.0. The van der Waals surface area contributed by atoms with Crippen molar-refractivity contribution in [1.29, 1.82) is 0 Å². The smallest absolute Gasteiger partial charge is 0.226 e. The Hall–Kier alpha value is -1.88. The molecule has 1 unspecified atom stereocenters. The lowest BCUT2D eigenvalue weighted by atomic mass is 10.0. The third kappa shape index (κ3) is 2.99. The number of benzene rings is 1. The summed E-state index contributed by atoms with van der Waals surface area (Å²) in [5.74, 6) is 0.0681. The largest absolute Gasteiger partial charge is 0.336 e. The molecule has 0 fully saturated rings. The zero-order chi connectivity index (χ0) is 15.5. The Morgan fingerprint density at radius 2 is 2.09 bits per heavy atom. The van der Waals surface area contributed by atoms with Crippen LogP contribution in [-0.4, -0.2) is 16.9 Å². The second-order valence-electron chi connectivity index (χ2n) is 5.43. The van der Waals surface area contributed by atoms with Crippen molar-refractivity contribution < 1.29 is 4.79 Å². The Labute approximate surface area is 138 Å². The van der Waals surface area contributed by atoms with E-state index in [1.165, 1.54) is 0 Å². The Bertz CT molecular complexity index is 675. The summed E-state index contributed by atoms with van der Waals surface area (Å²) in [5, 5.41) is 3.02. The molecule has 0 saturated carbocycles. The van der Waals surface area contributed by atoms with Crippen molar-refractivity contribution in [2.45, 2.75) is 32.2 Å². The number of amides is 1. The van der Waals surface area contributed by atoms with Crippen molar-refractivity contribution in [3.63, 3.8) is 0 Å². The first-order valence-corrected chi connectivity index (χ1v) is 8.27. The predicted octanol–water partition coefficient (Wildman–Crippen LogP) is 4.49. The molecule has 1 aliphatic rings. The minimum atomic E-state index is 0.0681. The summed E-state index contributed by atoms with van der Waals surface area (Å²) < 4.78 is 0.997. The minimum Gasteiger partial charge on any atom is -0.336 e. The Balaban J connectivity index is 2.15. The molecule has 1 aliphatic heterocycles. The molecule has 3 rings (SSSR count). The van der Waals surface area contributed by atoms with Gasteiger partial charge in [-0.25, -0.2) is 0 Å². The number of pyridine rings is 1. The molecule has 2 aromatic rings. The number of fused-ring (bicyclic) bond motifs is 1. The fourth-order valence-corrected chi connectivity index (χ4v) is 3.28. The average Bonchev–Trinajstić information content (AvgIpc) is 2.64. The van der Waals surface area contributed by atoms with Crippen molar-refractivity contribution in [3.05, 3.63) is 47.2 Å². The lowest BCUT2D eigenvalue weighted by Crippen LogP contribution is -2.32. The van der Waals surface area contributed by atoms with Gasteiger partial charge in [0.2, 0.25) is 5.91 Å². The summed E-state index contributed by atoms with van der Waals surface area (Å²) in [5.41, 5.74) is 2.93. The average molecular weight is 360 g/mol. The molecule has 0 saturated heterocycles. The van der Waals surface area contributed by atoms with Gasteiger partial charge in [-0.15, -0.1) is 0 Å². The maximum atomic E-state index is 12.2. The maximum absolute atomic E-state index is 12.2. The molecular weight excluding hydrogens is 342 g/mol. The standard InChI is InChI=1S/C17H18BrN3O/c1-2-3-14-11-17(22)20-15-5-4-12(18)10-16(15)21(14)13-6-8-19-9-7-13/h4-10,14H,2-3,11H2,1H3,(H,20,22). The minimum absolute atomic E-state index is 0.0681. The first-order chi connectivity index (χ1) is 10.7. The molecule has 1 N–H and O–H groups in total. The molecule has 1 amide bonds. The molecular formula is C17H18BrN3O. The fourth-order valence-electron chi connectivity index (χ4n) is 2.93. The number of carbonyl (C=O) groups is 1. The Morgan fingerprint density at radius 1 is 1.32 bits per heavy atom. The highest BCUT2D eigenvalue weighted by atomic mass is 79.9. The van der Waals surface area contributed by atoms with Gasteiger partial charge in [0.1, 0.15) is 0 Å². The van der Waals surface area contributed by atoms with Crippen LogP contribution in [0, 0.1) is 0 Å². The quantitative estimate of drug-likeness (QED) is 0.877. The van der Waals surface area contributed by atoms with E-state index in [-0.39, 0.29) is 11.9 Å². The third-order valence-electron chi connectivity index (χ3n) is 3.84. The molecule has 0 bridgehead atoms. The van der Waals surface area contributed by atoms with Gasteiger partial charge in [-0.05, 0) is 36.8 Å². The van der Waals surface area contributed by atoms with E-state index in [1.807, 2.05) is 24.3 Å². The molecule has 0 spiro atoms. The van der Waals surface area contributed by atoms with Gasteiger partial charge in [-0.2, -0.15) is 0 Å².